The van der Waals surface area contributed by atoms with Crippen molar-refractivity contribution in [1.29, 1.82) is 0 Å². The van der Waals surface area contributed by atoms with Gasteiger partial charge in [0.15, 0.2) is 0 Å². The first-order valence-electron chi connectivity index (χ1n) is 9.88. The van der Waals surface area contributed by atoms with Crippen molar-refractivity contribution in [2.45, 2.75) is 65.0 Å². The molecule has 1 amide bonds. The summed E-state index contributed by atoms with van der Waals surface area (Å²) in [5.41, 5.74) is 1.19. The van der Waals surface area contributed by atoms with Crippen molar-refractivity contribution < 1.29 is 43.9 Å². The zero-order valence-corrected chi connectivity index (χ0v) is 21.8. The summed E-state index contributed by atoms with van der Waals surface area (Å²) in [6, 6.07) is 6.17. The van der Waals surface area contributed by atoms with Crippen LogP contribution in [-0.2, 0) is 9.53 Å². The van der Waals surface area contributed by atoms with Crippen LogP contribution in [0.1, 0.15) is 61.7 Å². The molecule has 0 unspecified atom stereocenters. The van der Waals surface area contributed by atoms with Gasteiger partial charge in [0.05, 0.1) is 22.4 Å². The molecule has 0 atom stereocenters. The van der Waals surface area contributed by atoms with Gasteiger partial charge in [-0.3, -0.25) is 4.79 Å². The molecule has 0 radical (unpaired) electrons. The number of pyridine rings is 1. The van der Waals surface area contributed by atoms with Gasteiger partial charge in [-0.2, -0.15) is 10.1 Å². The maximum Gasteiger partial charge on any atom is 1.00 e. The van der Waals surface area contributed by atoms with Crippen molar-refractivity contribution in [2.75, 3.05) is 10.3 Å². The van der Waals surface area contributed by atoms with Gasteiger partial charge in [0.2, 0.25) is 0 Å². The normalized spacial score (nSPS) is 13.3. The first kappa shape index (κ1) is 27.3. The molecule has 0 aromatic carbocycles. The molecule has 31 heavy (non-hydrogen) atoms. The fraction of sp³-hybridized carbons (Fsp3) is 0.455. The second-order valence-corrected chi connectivity index (χ2v) is 8.93. The monoisotopic (exact) mass is 452 g/mol. The number of hydrogen-bond acceptors (Lipinski definition) is 7. The Hall–Kier alpha value is -1.74. The molecule has 2 aromatic rings. The van der Waals surface area contributed by atoms with E-state index in [-0.39, 0.29) is 41.1 Å². The molecule has 162 valence electrons. The van der Waals surface area contributed by atoms with Crippen LogP contribution in [0.25, 0.3) is 0 Å². The predicted octanol–water partition coefficient (Wildman–Crippen LogP) is 1.94. The largest absolute Gasteiger partial charge is 1.00 e. The Morgan fingerprint density at radius 3 is 2.42 bits per heavy atom. The molecule has 1 saturated carbocycles. The maximum absolute atomic E-state index is 12.6. The summed E-state index contributed by atoms with van der Waals surface area (Å²) in [5, 5.41) is 10.5. The number of nitrogens with one attached hydrogen (secondary N) is 1. The van der Waals surface area contributed by atoms with E-state index in [0.717, 1.165) is 11.4 Å². The number of aryl methyl sites for hydroxylation is 1. The minimum atomic E-state index is -0.373. The van der Waals surface area contributed by atoms with E-state index in [0.29, 0.717) is 16.6 Å². The predicted molar refractivity (Wildman–Crippen MR) is 122 cm³/mol. The SMILES string of the molecule is C=NN(C(=O)c1sccc1C)c1ccc(NC2CCCC2)nc1.CC(C)(C)O[C-]=O.[Na+]. The van der Waals surface area contributed by atoms with Crippen LogP contribution in [0, 0.1) is 6.92 Å². The van der Waals surface area contributed by atoms with Gasteiger partial charge in [-0.1, -0.05) is 19.3 Å². The number of ether oxygens (including phenoxy) is 1. The van der Waals surface area contributed by atoms with E-state index in [4.69, 9.17) is 0 Å². The number of hydrogen-bond donors (Lipinski definition) is 1. The van der Waals surface area contributed by atoms with Crippen LogP contribution in [0.3, 0.4) is 0 Å². The van der Waals surface area contributed by atoms with Crippen LogP contribution < -0.4 is 39.9 Å². The minimum absolute atomic E-state index is 0. The van der Waals surface area contributed by atoms with Gasteiger partial charge in [-0.25, -0.2) is 4.98 Å². The second-order valence-electron chi connectivity index (χ2n) is 8.02. The van der Waals surface area contributed by atoms with Crippen LogP contribution in [-0.4, -0.2) is 35.7 Å². The van der Waals surface area contributed by atoms with Crippen LogP contribution >= 0.6 is 11.3 Å². The van der Waals surface area contributed by atoms with Crippen molar-refractivity contribution in [3.05, 3.63) is 40.2 Å². The van der Waals surface area contributed by atoms with E-state index >= 15 is 0 Å². The number of hydrazone groups is 1. The fourth-order valence-electron chi connectivity index (χ4n) is 2.95. The van der Waals surface area contributed by atoms with E-state index in [9.17, 15) is 9.59 Å². The van der Waals surface area contributed by atoms with Gasteiger partial charge in [-0.15, -0.1) is 11.3 Å². The zero-order valence-electron chi connectivity index (χ0n) is 19.0. The fourth-order valence-corrected chi connectivity index (χ4v) is 3.80. The molecule has 1 N–H and O–H groups in total. The van der Waals surface area contributed by atoms with Crippen LogP contribution in [0.2, 0.25) is 0 Å². The van der Waals surface area contributed by atoms with E-state index in [1.807, 2.05) is 30.5 Å². The van der Waals surface area contributed by atoms with Gasteiger partial charge in [-0.05, 0) is 69.7 Å². The Morgan fingerprint density at radius 2 is 2.00 bits per heavy atom. The van der Waals surface area contributed by atoms with Crippen molar-refractivity contribution in [3.63, 3.8) is 0 Å². The van der Waals surface area contributed by atoms with Crippen molar-refractivity contribution in [1.82, 2.24) is 4.98 Å². The third-order valence-corrected chi connectivity index (χ3v) is 5.44. The van der Waals surface area contributed by atoms with Crippen molar-refractivity contribution >= 4 is 41.9 Å². The quantitative estimate of drug-likeness (QED) is 0.313. The third-order valence-electron chi connectivity index (χ3n) is 4.44. The van der Waals surface area contributed by atoms with E-state index in [1.165, 1.54) is 48.5 Å². The summed E-state index contributed by atoms with van der Waals surface area (Å²) in [5.74, 6) is 0.662. The van der Waals surface area contributed by atoms with Crippen molar-refractivity contribution in [2.24, 2.45) is 5.10 Å². The topological polar surface area (TPSA) is 83.9 Å². The number of carbonyl (C=O) groups is 1. The molecule has 0 aliphatic heterocycles. The smallest absolute Gasteiger partial charge is 0.649 e. The summed E-state index contributed by atoms with van der Waals surface area (Å²) in [6.07, 6.45) is 6.60. The Bertz CT molecular complexity index is 843. The molecule has 2 heterocycles. The van der Waals surface area contributed by atoms with E-state index in [2.05, 4.69) is 26.9 Å². The summed E-state index contributed by atoms with van der Waals surface area (Å²) in [4.78, 5) is 27.1. The zero-order chi connectivity index (χ0) is 22.1. The Kier molecular flexibility index (Phi) is 11.4. The summed E-state index contributed by atoms with van der Waals surface area (Å²) < 4.78 is 4.42. The second kappa shape index (κ2) is 13.0. The van der Waals surface area contributed by atoms with Crippen LogP contribution in [0.15, 0.2) is 34.9 Å². The number of amides is 1. The van der Waals surface area contributed by atoms with Gasteiger partial charge >= 0.3 is 29.6 Å². The number of carbonyl (C=O) groups excluding carboxylic acids is 2. The first-order chi connectivity index (χ1) is 14.2. The summed E-state index contributed by atoms with van der Waals surface area (Å²) in [6.45, 7) is 12.2. The van der Waals surface area contributed by atoms with Gasteiger partial charge in [0.25, 0.3) is 5.91 Å². The Labute approximate surface area is 210 Å². The van der Waals surface area contributed by atoms with E-state index < -0.39 is 0 Å². The van der Waals surface area contributed by atoms with Crippen LogP contribution in [0.5, 0.6) is 0 Å². The summed E-state index contributed by atoms with van der Waals surface area (Å²) in [7, 11) is 0. The number of aromatic nitrogens is 1. The molecule has 1 aliphatic carbocycles. The van der Waals surface area contributed by atoms with Crippen molar-refractivity contribution in [3.8, 4) is 0 Å². The number of anilines is 2. The molecule has 3 rings (SSSR count). The van der Waals surface area contributed by atoms with E-state index in [1.54, 1.807) is 27.0 Å². The third kappa shape index (κ3) is 8.73. The molecule has 2 aromatic heterocycles. The first-order valence-corrected chi connectivity index (χ1v) is 10.8. The molecule has 0 bridgehead atoms. The Balaban J connectivity index is 0.000000523. The minimum Gasteiger partial charge on any atom is -0.649 e. The maximum atomic E-state index is 12.6. The molecule has 0 saturated heterocycles. The number of nitrogens with zero attached hydrogens (tertiary/aromatic N) is 3. The molecule has 1 aliphatic rings. The molecular formula is C22H29N4NaO3S. The molecule has 0 spiro atoms. The Morgan fingerprint density at radius 1 is 1.32 bits per heavy atom. The standard InChI is InChI=1S/C17H20N4OS.C5H9O2.Na/c1-12-9-10-23-16(12)17(22)21(18-2)14-7-8-15(19-11-14)20-13-5-3-4-6-13;1-5(2,3)7-4-6;/h7-11,13H,2-6H2,1H3,(H,19,20);1-3H3;/q;-1;+1. The molecule has 7 nitrogen and oxygen atoms in total. The van der Waals surface area contributed by atoms with Crippen LogP contribution in [0.4, 0.5) is 11.5 Å². The molecule has 1 fully saturated rings. The molecule has 9 heteroatoms. The number of thiophene rings is 1. The molecular weight excluding hydrogens is 423 g/mol. The van der Waals surface area contributed by atoms with Gasteiger partial charge < -0.3 is 14.8 Å². The average molecular weight is 453 g/mol. The average Bonchev–Trinajstić information content (AvgIpc) is 3.35. The number of rotatable bonds is 6. The van der Waals surface area contributed by atoms with Gasteiger partial charge in [0, 0.05) is 12.8 Å². The van der Waals surface area contributed by atoms with Gasteiger partial charge in [0.1, 0.15) is 5.82 Å². The summed E-state index contributed by atoms with van der Waals surface area (Å²) >= 11 is 1.41.